The zero-order valence-electron chi connectivity index (χ0n) is 67.1. The maximum Gasteiger partial charge on any atom is 0.227 e. The number of rotatable bonds is 5. The molecular formula is C104H72BrF3N6O10. The first-order valence-corrected chi connectivity index (χ1v) is 39.7. The Labute approximate surface area is 717 Å². The van der Waals surface area contributed by atoms with Crippen LogP contribution in [0.15, 0.2) is 269 Å². The summed E-state index contributed by atoms with van der Waals surface area (Å²) in [5.74, 6) is 0.911. The van der Waals surface area contributed by atoms with E-state index in [9.17, 15) is 70.0 Å². The topological polar surface area (TPSA) is 298 Å². The lowest BCUT2D eigenvalue weighted by Crippen LogP contribution is -2.06. The van der Waals surface area contributed by atoms with E-state index in [-0.39, 0.29) is 51.6 Å². The van der Waals surface area contributed by atoms with Crippen molar-refractivity contribution in [2.24, 2.45) is 0 Å². The molecule has 0 radical (unpaired) electrons. The molecule has 20 rings (SSSR count). The summed E-state index contributed by atoms with van der Waals surface area (Å²) in [5, 5.41) is 111. The Hall–Kier alpha value is -16.1. The summed E-state index contributed by atoms with van der Waals surface area (Å²) in [6, 6.07) is 80.5. The van der Waals surface area contributed by atoms with Gasteiger partial charge in [-0.1, -0.05) is 142 Å². The molecule has 15 aromatic carbocycles. The number of ether oxygens (including phenoxy) is 1. The molecule has 124 heavy (non-hydrogen) atoms. The molecule has 3 aromatic heterocycles. The molecule has 7 N–H and O–H groups in total. The summed E-state index contributed by atoms with van der Waals surface area (Å²) in [4.78, 5) is 8.87. The van der Waals surface area contributed by atoms with E-state index in [1.165, 1.54) is 53.1 Å². The number of hydrogen-bond acceptors (Lipinski definition) is 16. The van der Waals surface area contributed by atoms with E-state index >= 15 is 0 Å². The molecule has 2 aliphatic rings. The summed E-state index contributed by atoms with van der Waals surface area (Å²) in [7, 11) is 0. The smallest absolute Gasteiger partial charge is 0.227 e. The van der Waals surface area contributed by atoms with Crippen LogP contribution in [0.5, 0.6) is 46.0 Å². The summed E-state index contributed by atoms with van der Waals surface area (Å²) < 4.78 is 59.4. The van der Waals surface area contributed by atoms with E-state index in [0.717, 1.165) is 113 Å². The van der Waals surface area contributed by atoms with Crippen molar-refractivity contribution in [2.75, 3.05) is 0 Å². The van der Waals surface area contributed by atoms with Crippen molar-refractivity contribution >= 4 is 87.3 Å². The van der Waals surface area contributed by atoms with Crippen LogP contribution in [-0.2, 0) is 19.4 Å². The summed E-state index contributed by atoms with van der Waals surface area (Å²) >= 11 is 3.42. The number of halogens is 4. The molecule has 0 unspecified atom stereocenters. The second-order valence-corrected chi connectivity index (χ2v) is 30.8. The Morgan fingerprint density at radius 3 is 1.77 bits per heavy atom. The fourth-order valence-electron chi connectivity index (χ4n) is 15.2. The van der Waals surface area contributed by atoms with Crippen LogP contribution in [0.1, 0.15) is 72.3 Å². The van der Waals surface area contributed by atoms with Crippen molar-refractivity contribution in [1.29, 1.82) is 21.0 Å². The lowest BCUT2D eigenvalue weighted by atomic mass is 9.89. The van der Waals surface area contributed by atoms with Crippen LogP contribution in [-0.4, -0.2) is 45.7 Å². The number of aromatic nitrogens is 2. The normalized spacial score (nSPS) is 11.3. The molecule has 20 heteroatoms. The van der Waals surface area contributed by atoms with Gasteiger partial charge in [-0.15, -0.1) is 0 Å². The number of oxazole rings is 1. The number of hydrogen-bond donors (Lipinski definition) is 7. The molecule has 16 nitrogen and oxygen atoms in total. The monoisotopic (exact) mass is 1700 g/mol. The molecule has 18 aromatic rings. The molecule has 1 aliphatic heterocycles. The fourth-order valence-corrected chi connectivity index (χ4v) is 15.7. The maximum absolute atomic E-state index is 13.9. The van der Waals surface area contributed by atoms with Gasteiger partial charge in [0, 0.05) is 82.7 Å². The molecule has 0 spiro atoms. The molecule has 4 heterocycles. The van der Waals surface area contributed by atoms with Crippen LogP contribution in [0.25, 0.3) is 139 Å². The molecule has 0 bridgehead atoms. The van der Waals surface area contributed by atoms with Crippen LogP contribution in [0, 0.1) is 97.4 Å². The third kappa shape index (κ3) is 17.2. The summed E-state index contributed by atoms with van der Waals surface area (Å²) in [6.45, 7) is 13.8. The SMILES string of the molecule is C=Cc1cc(O)cc2nc(-c3ccc(C)cc3)oc12.Cc1cc(C#N)c2oc3c(c2c1)CCc1cc(O)ccc1-3.Cc1ccc(-c2cc(Br)c3cc(O)cc(C#N)c3n2)cc1F.Cc1ccc2c(C#N)cc(-c3ccc(O)c(F)c3)cc2c1.Cc1ccc2ccc(-c3ccc(O)cc3F)cc2c1.N#Cc1cc2c(c3cccc(O)c13)OCc1cc(O)ccc1-2. The predicted molar refractivity (Wildman–Crippen MR) is 480 cm³/mol. The predicted octanol–water partition coefficient (Wildman–Crippen LogP) is 25.8. The Morgan fingerprint density at radius 2 is 1.06 bits per heavy atom. The number of aromatic hydroxyl groups is 7. The van der Waals surface area contributed by atoms with E-state index in [1.54, 1.807) is 104 Å². The first kappa shape index (κ1) is 83.0. The van der Waals surface area contributed by atoms with Crippen molar-refractivity contribution in [1.82, 2.24) is 9.97 Å². The molecule has 0 fully saturated rings. The largest absolute Gasteiger partial charge is 0.508 e. The molecular weight excluding hydrogens is 1630 g/mol. The third-order valence-corrected chi connectivity index (χ3v) is 22.0. The van der Waals surface area contributed by atoms with E-state index in [1.807, 2.05) is 125 Å². The van der Waals surface area contributed by atoms with Crippen molar-refractivity contribution < 1.29 is 62.5 Å². The third-order valence-electron chi connectivity index (χ3n) is 21.3. The van der Waals surface area contributed by atoms with Crippen molar-refractivity contribution in [3.8, 4) is 138 Å². The highest BCUT2D eigenvalue weighted by Crippen LogP contribution is 2.48. The van der Waals surface area contributed by atoms with Crippen LogP contribution in [0.3, 0.4) is 0 Å². The number of phenolic OH excluding ortho intramolecular Hbond substituents is 7. The van der Waals surface area contributed by atoms with Crippen LogP contribution in [0.4, 0.5) is 13.2 Å². The fraction of sp³-hybridized carbons (Fsp3) is 0.0769. The number of phenols is 7. The van der Waals surface area contributed by atoms with Crippen molar-refractivity contribution in [3.05, 3.63) is 350 Å². The molecule has 0 saturated carbocycles. The second kappa shape index (κ2) is 35.0. The van der Waals surface area contributed by atoms with E-state index < -0.39 is 11.6 Å². The van der Waals surface area contributed by atoms with Gasteiger partial charge < -0.3 is 49.3 Å². The molecule has 1 aliphatic carbocycles. The zero-order valence-corrected chi connectivity index (χ0v) is 68.7. The number of aryl methyl sites for hydroxylation is 7. The van der Waals surface area contributed by atoms with Gasteiger partial charge in [-0.3, -0.25) is 0 Å². The minimum atomic E-state index is -0.671. The second-order valence-electron chi connectivity index (χ2n) is 30.0. The van der Waals surface area contributed by atoms with Crippen LogP contribution < -0.4 is 4.74 Å². The molecule has 0 atom stereocenters. The number of benzene rings is 15. The van der Waals surface area contributed by atoms with Gasteiger partial charge in [0.05, 0.1) is 45.6 Å². The quantitative estimate of drug-likeness (QED) is 0.0842. The lowest BCUT2D eigenvalue weighted by molar-refractivity contribution is 0.305. The van der Waals surface area contributed by atoms with Crippen molar-refractivity contribution in [2.45, 2.75) is 54.1 Å². The lowest BCUT2D eigenvalue weighted by Gasteiger charge is -2.23. The van der Waals surface area contributed by atoms with Gasteiger partial charge in [-0.25, -0.2) is 23.1 Å². The van der Waals surface area contributed by atoms with Gasteiger partial charge in [0.15, 0.2) is 22.7 Å². The number of nitrogens with zero attached hydrogens (tertiary/aromatic N) is 6. The van der Waals surface area contributed by atoms with Gasteiger partial charge in [-0.05, 0) is 247 Å². The number of nitriles is 4. The van der Waals surface area contributed by atoms with Gasteiger partial charge in [0.25, 0.3) is 0 Å². The molecule has 0 amide bonds. The van der Waals surface area contributed by atoms with Crippen LogP contribution >= 0.6 is 15.9 Å². The maximum atomic E-state index is 13.9. The van der Waals surface area contributed by atoms with Gasteiger partial charge in [0.2, 0.25) is 5.89 Å². The highest BCUT2D eigenvalue weighted by atomic mass is 79.9. The van der Waals surface area contributed by atoms with Gasteiger partial charge >= 0.3 is 0 Å². The Balaban J connectivity index is 0.000000115. The van der Waals surface area contributed by atoms with E-state index in [2.05, 4.69) is 74.9 Å². The minimum Gasteiger partial charge on any atom is -0.508 e. The Bertz CT molecular complexity index is 7560. The van der Waals surface area contributed by atoms with E-state index in [0.29, 0.717) is 106 Å². The first-order valence-electron chi connectivity index (χ1n) is 38.9. The average Bonchev–Trinajstić information content (AvgIpc) is 1.16. The number of fused-ring (bicyclic) bond motifs is 14. The van der Waals surface area contributed by atoms with Crippen molar-refractivity contribution in [3.63, 3.8) is 0 Å². The van der Waals surface area contributed by atoms with Gasteiger partial charge in [-0.2, -0.15) is 21.0 Å². The van der Waals surface area contributed by atoms with Gasteiger partial charge in [0.1, 0.15) is 81.9 Å². The highest BCUT2D eigenvalue weighted by molar-refractivity contribution is 9.10. The molecule has 606 valence electrons. The first-order chi connectivity index (χ1) is 59.7. The highest BCUT2D eigenvalue weighted by Gasteiger charge is 2.27. The van der Waals surface area contributed by atoms with E-state index in [4.69, 9.17) is 13.6 Å². The Morgan fingerprint density at radius 1 is 0.411 bits per heavy atom. The number of furan rings is 1. The van der Waals surface area contributed by atoms with Crippen LogP contribution in [0.2, 0.25) is 0 Å². The summed E-state index contributed by atoms with van der Waals surface area (Å²) in [6.07, 6.45) is 3.39. The minimum absolute atomic E-state index is 0.000630. The molecule has 0 saturated heterocycles. The average molecular weight is 1700 g/mol. The number of pyridine rings is 1. The standard InChI is InChI=1S/C18H12FNO.C18H11NO3.C18H13NO2.C17H10BrFN2O.C17H13FO.C16H13NO2/c1-11-2-4-16-14(6-11)7-13(8-15(16)10-20)12-3-5-18(21)17(19)9-12;19-8-10-7-15-13-5-4-12(20)6-11(13)9-22-18(15)14-2-1-3-16(21)17(10)14;1-10-6-12(9-19)17-16(7-10)15-4-2-11-8-13(20)3-5-14(11)18(15)21-17;1-9-2-3-10(5-15(9)19)16-7-14(18)13-6-12(22)4-11(8-20)17(13)21-16;1-11-2-3-12-4-5-13(9-14(12)8-11)16-7-6-15(19)10-17(16)18;1-3-11-8-13(18)9-14-15(11)19-16(17-14)12-6-4-10(2)5-7-12/h2-9,21H,1H3;1-7,20-21H,9H2;3,5-8,20H,2,4H2,1H3;2-7,22H,1H3;2-10,19H,1H3;3-9,18H,1H2,2H3. The summed E-state index contributed by atoms with van der Waals surface area (Å²) in [5.41, 5.74) is 20.7. The Kier molecular flexibility index (Phi) is 23.4. The zero-order chi connectivity index (χ0) is 87.5.